The second-order valence-electron chi connectivity index (χ2n) is 7.52. The highest BCUT2D eigenvalue weighted by Crippen LogP contribution is 2.33. The van der Waals surface area contributed by atoms with Gasteiger partial charge in [-0.2, -0.15) is 0 Å². The molecule has 0 radical (unpaired) electrons. The molecular formula is C24H21N3O4S2. The lowest BCUT2D eigenvalue weighted by Gasteiger charge is -2.04. The number of carbonyl (C=O) groups excluding carboxylic acids is 2. The van der Waals surface area contributed by atoms with E-state index in [1.165, 1.54) is 34.0 Å². The van der Waals surface area contributed by atoms with Gasteiger partial charge in [0.2, 0.25) is 12.7 Å². The van der Waals surface area contributed by atoms with E-state index in [1.54, 1.807) is 18.2 Å². The zero-order valence-corrected chi connectivity index (χ0v) is 19.3. The summed E-state index contributed by atoms with van der Waals surface area (Å²) < 4.78 is 11.4. The fourth-order valence-corrected chi connectivity index (χ4v) is 5.36. The topological polar surface area (TPSA) is 93.3 Å². The van der Waals surface area contributed by atoms with Crippen LogP contribution in [0.1, 0.15) is 21.6 Å². The van der Waals surface area contributed by atoms with E-state index in [2.05, 4.69) is 21.4 Å². The number of thioether (sulfide) groups is 1. The van der Waals surface area contributed by atoms with Gasteiger partial charge in [-0.1, -0.05) is 30.0 Å². The molecular weight excluding hydrogens is 458 g/mol. The number of aromatic amines is 1. The molecule has 0 unspecified atom stereocenters. The SMILES string of the molecule is O=C(Cc1csc(SCC(=O)c2ccc3c(c2)OCO3)n1)NCCc1c[nH]c2ccccc12. The molecule has 33 heavy (non-hydrogen) atoms. The first kappa shape index (κ1) is 21.5. The molecule has 168 valence electrons. The van der Waals surface area contributed by atoms with E-state index in [4.69, 9.17) is 9.47 Å². The minimum absolute atomic E-state index is 0.00919. The van der Waals surface area contributed by atoms with Crippen molar-refractivity contribution >= 4 is 45.7 Å². The highest BCUT2D eigenvalue weighted by molar-refractivity contribution is 8.01. The average Bonchev–Trinajstić information content (AvgIpc) is 3.57. The Labute approximate surface area is 198 Å². The first-order valence-electron chi connectivity index (χ1n) is 10.5. The maximum Gasteiger partial charge on any atom is 0.231 e. The zero-order chi connectivity index (χ0) is 22.6. The van der Waals surface area contributed by atoms with Gasteiger partial charge in [0.1, 0.15) is 0 Å². The summed E-state index contributed by atoms with van der Waals surface area (Å²) in [4.78, 5) is 32.6. The lowest BCUT2D eigenvalue weighted by molar-refractivity contribution is -0.120. The summed E-state index contributed by atoms with van der Waals surface area (Å²) in [5.41, 5.74) is 3.58. The summed E-state index contributed by atoms with van der Waals surface area (Å²) in [5.74, 6) is 1.45. The van der Waals surface area contributed by atoms with Crippen LogP contribution in [0.25, 0.3) is 10.9 Å². The van der Waals surface area contributed by atoms with Crippen LogP contribution >= 0.6 is 23.1 Å². The molecule has 0 atom stereocenters. The first-order valence-corrected chi connectivity index (χ1v) is 12.3. The number of carbonyl (C=O) groups is 2. The van der Waals surface area contributed by atoms with Crippen molar-refractivity contribution in [2.75, 3.05) is 19.1 Å². The number of Topliss-reactive ketones (excluding diaryl/α,β-unsaturated/α-hetero) is 1. The van der Waals surface area contributed by atoms with Gasteiger partial charge in [-0.3, -0.25) is 9.59 Å². The molecule has 4 aromatic rings. The zero-order valence-electron chi connectivity index (χ0n) is 17.6. The third kappa shape index (κ3) is 5.04. The lowest BCUT2D eigenvalue weighted by Crippen LogP contribution is -2.27. The molecule has 2 aromatic carbocycles. The second-order valence-corrected chi connectivity index (χ2v) is 9.60. The van der Waals surface area contributed by atoms with Crippen LogP contribution in [0.15, 0.2) is 58.4 Å². The smallest absolute Gasteiger partial charge is 0.231 e. The van der Waals surface area contributed by atoms with Gasteiger partial charge < -0.3 is 19.8 Å². The van der Waals surface area contributed by atoms with Crippen LogP contribution < -0.4 is 14.8 Å². The quantitative estimate of drug-likeness (QED) is 0.276. The predicted molar refractivity (Wildman–Crippen MR) is 128 cm³/mol. The number of ketones is 1. The summed E-state index contributed by atoms with van der Waals surface area (Å²) in [5, 5.41) is 6.02. The monoisotopic (exact) mass is 479 g/mol. The molecule has 0 fully saturated rings. The van der Waals surface area contributed by atoms with Crippen molar-refractivity contribution in [2.45, 2.75) is 17.2 Å². The highest BCUT2D eigenvalue weighted by Gasteiger charge is 2.17. The molecule has 7 nitrogen and oxygen atoms in total. The van der Waals surface area contributed by atoms with Crippen molar-refractivity contribution in [3.05, 3.63) is 70.9 Å². The van der Waals surface area contributed by atoms with Gasteiger partial charge in [-0.15, -0.1) is 11.3 Å². The van der Waals surface area contributed by atoms with Crippen LogP contribution in [0, 0.1) is 0 Å². The number of fused-ring (bicyclic) bond motifs is 2. The van der Waals surface area contributed by atoms with Crippen LogP contribution in [-0.2, 0) is 17.6 Å². The average molecular weight is 480 g/mol. The van der Waals surface area contributed by atoms with E-state index in [0.717, 1.165) is 16.3 Å². The fourth-order valence-electron chi connectivity index (χ4n) is 3.62. The number of para-hydroxylation sites is 1. The standard InChI is InChI=1S/C24H21N3O4S2/c28-20(15-5-6-21-22(9-15)31-14-30-21)13-33-24-27-17(12-32-24)10-23(29)25-8-7-16-11-26-19-4-2-1-3-18(16)19/h1-6,9,11-12,26H,7-8,10,13-14H2,(H,25,29). The highest BCUT2D eigenvalue weighted by atomic mass is 32.2. The minimum atomic E-state index is -0.0619. The molecule has 1 aliphatic rings. The molecule has 2 N–H and O–H groups in total. The second kappa shape index (κ2) is 9.68. The van der Waals surface area contributed by atoms with Crippen molar-refractivity contribution in [2.24, 2.45) is 0 Å². The van der Waals surface area contributed by atoms with E-state index in [0.29, 0.717) is 29.3 Å². The number of H-pyrrole nitrogens is 1. The summed E-state index contributed by atoms with van der Waals surface area (Å²) in [6.07, 6.45) is 2.97. The van der Waals surface area contributed by atoms with Crippen molar-refractivity contribution < 1.29 is 19.1 Å². The Morgan fingerprint density at radius 1 is 1.15 bits per heavy atom. The molecule has 5 rings (SSSR count). The van der Waals surface area contributed by atoms with Gasteiger partial charge in [0.15, 0.2) is 21.6 Å². The van der Waals surface area contributed by atoms with Crippen molar-refractivity contribution in [3.63, 3.8) is 0 Å². The molecule has 0 bridgehead atoms. The summed E-state index contributed by atoms with van der Waals surface area (Å²) in [7, 11) is 0. The summed E-state index contributed by atoms with van der Waals surface area (Å²) in [6, 6.07) is 13.3. The largest absolute Gasteiger partial charge is 0.454 e. The number of ether oxygens (including phenoxy) is 2. The molecule has 2 aromatic heterocycles. The third-order valence-electron chi connectivity index (χ3n) is 5.29. The number of benzene rings is 2. The number of aromatic nitrogens is 2. The van der Waals surface area contributed by atoms with E-state index >= 15 is 0 Å². The van der Waals surface area contributed by atoms with Crippen LogP contribution in [0.3, 0.4) is 0 Å². The molecule has 0 spiro atoms. The maximum atomic E-state index is 12.5. The molecule has 1 aliphatic heterocycles. The molecule has 0 saturated heterocycles. The van der Waals surface area contributed by atoms with Gasteiger partial charge in [0.05, 0.1) is 17.9 Å². The Balaban J connectivity index is 1.08. The Morgan fingerprint density at radius 3 is 2.97 bits per heavy atom. The molecule has 3 heterocycles. The Kier molecular flexibility index (Phi) is 6.32. The van der Waals surface area contributed by atoms with Gasteiger partial charge in [0.25, 0.3) is 0 Å². The summed E-state index contributed by atoms with van der Waals surface area (Å²) >= 11 is 2.82. The van der Waals surface area contributed by atoms with E-state index in [-0.39, 0.29) is 30.7 Å². The number of nitrogens with one attached hydrogen (secondary N) is 2. The molecule has 0 saturated carbocycles. The normalized spacial score (nSPS) is 12.2. The Bertz CT molecular complexity index is 1310. The first-order chi connectivity index (χ1) is 16.2. The van der Waals surface area contributed by atoms with Crippen molar-refractivity contribution in [1.82, 2.24) is 15.3 Å². The minimum Gasteiger partial charge on any atom is -0.454 e. The predicted octanol–water partition coefficient (Wildman–Crippen LogP) is 4.23. The summed E-state index contributed by atoms with van der Waals surface area (Å²) in [6.45, 7) is 0.747. The van der Waals surface area contributed by atoms with Crippen molar-refractivity contribution in [1.29, 1.82) is 0 Å². The van der Waals surface area contributed by atoms with E-state index in [1.807, 2.05) is 29.8 Å². The fraction of sp³-hybridized carbons (Fsp3) is 0.208. The van der Waals surface area contributed by atoms with Gasteiger partial charge >= 0.3 is 0 Å². The third-order valence-corrected chi connectivity index (χ3v) is 7.35. The molecule has 1 amide bonds. The lowest BCUT2D eigenvalue weighted by atomic mass is 10.1. The number of amides is 1. The number of rotatable bonds is 9. The number of hydrogen-bond acceptors (Lipinski definition) is 7. The van der Waals surface area contributed by atoms with Gasteiger partial charge in [0, 0.05) is 34.6 Å². The van der Waals surface area contributed by atoms with Crippen LogP contribution in [-0.4, -0.2) is 40.7 Å². The Morgan fingerprint density at radius 2 is 2.03 bits per heavy atom. The van der Waals surface area contributed by atoms with Crippen LogP contribution in [0.5, 0.6) is 11.5 Å². The van der Waals surface area contributed by atoms with E-state index < -0.39 is 0 Å². The van der Waals surface area contributed by atoms with Gasteiger partial charge in [-0.05, 0) is 36.2 Å². The maximum absolute atomic E-state index is 12.5. The number of thiazole rings is 1. The molecule has 0 aliphatic carbocycles. The van der Waals surface area contributed by atoms with Crippen LogP contribution in [0.2, 0.25) is 0 Å². The Hall–Kier alpha value is -3.30. The van der Waals surface area contributed by atoms with E-state index in [9.17, 15) is 9.59 Å². The number of hydrogen-bond donors (Lipinski definition) is 2. The molecule has 9 heteroatoms. The van der Waals surface area contributed by atoms with Crippen LogP contribution in [0.4, 0.5) is 0 Å². The van der Waals surface area contributed by atoms with Crippen molar-refractivity contribution in [3.8, 4) is 11.5 Å². The van der Waals surface area contributed by atoms with Gasteiger partial charge in [-0.25, -0.2) is 4.98 Å². The number of nitrogens with zero attached hydrogens (tertiary/aromatic N) is 1.